The monoisotopic (exact) mass is 742 g/mol. The lowest BCUT2D eigenvalue weighted by Gasteiger charge is -2.43. The Hall–Kier alpha value is -4.30. The van der Waals surface area contributed by atoms with Crippen molar-refractivity contribution in [2.75, 3.05) is 30.4 Å². The smallest absolute Gasteiger partial charge is 0.266 e. The first-order valence-corrected chi connectivity index (χ1v) is 19.2. The van der Waals surface area contributed by atoms with Crippen molar-refractivity contribution in [3.05, 3.63) is 87.3 Å². The molecule has 1 saturated heterocycles. The van der Waals surface area contributed by atoms with E-state index in [0.29, 0.717) is 77.6 Å². The zero-order valence-corrected chi connectivity index (χ0v) is 31.6. The van der Waals surface area contributed by atoms with E-state index < -0.39 is 21.7 Å². The first-order chi connectivity index (χ1) is 25.0. The van der Waals surface area contributed by atoms with Gasteiger partial charge in [0.2, 0.25) is 5.95 Å². The molecular formula is C38H43ClN8O4S. The summed E-state index contributed by atoms with van der Waals surface area (Å²) in [7, 11) is 3.39. The highest BCUT2D eigenvalue weighted by molar-refractivity contribution is 7.90. The van der Waals surface area contributed by atoms with E-state index in [0.717, 1.165) is 35.5 Å². The lowest BCUT2D eigenvalue weighted by Crippen LogP contribution is -2.55. The van der Waals surface area contributed by atoms with Crippen molar-refractivity contribution >= 4 is 45.8 Å². The number of halogens is 1. The average Bonchev–Trinajstić information content (AvgIpc) is 3.81. The van der Waals surface area contributed by atoms with Crippen LogP contribution in [-0.4, -0.2) is 65.5 Å². The van der Waals surface area contributed by atoms with Crippen LogP contribution in [0.15, 0.2) is 65.6 Å². The number of aromatic nitrogens is 5. The maximum Gasteiger partial charge on any atom is 0.266 e. The highest BCUT2D eigenvalue weighted by atomic mass is 35.5. The van der Waals surface area contributed by atoms with Crippen molar-refractivity contribution in [3.63, 3.8) is 0 Å². The van der Waals surface area contributed by atoms with Gasteiger partial charge in [0.15, 0.2) is 5.65 Å². The number of nitrogens with zero attached hydrogens (tertiary/aromatic N) is 6. The van der Waals surface area contributed by atoms with Gasteiger partial charge in [-0.2, -0.15) is 10.1 Å². The Morgan fingerprint density at radius 1 is 1.10 bits per heavy atom. The van der Waals surface area contributed by atoms with Crippen LogP contribution in [0.4, 0.5) is 11.8 Å². The number of piperidine rings is 1. The number of methoxy groups -OCH3 is 1. The van der Waals surface area contributed by atoms with Crippen molar-refractivity contribution < 1.29 is 14.0 Å². The highest BCUT2D eigenvalue weighted by Crippen LogP contribution is 2.49. The van der Waals surface area contributed by atoms with E-state index >= 15 is 0 Å². The number of pyridine rings is 1. The molecule has 2 atom stereocenters. The number of ether oxygens (including phenoxy) is 2. The minimum Gasteiger partial charge on any atom is -0.598 e. The molecule has 0 amide bonds. The minimum atomic E-state index is -1.30. The van der Waals surface area contributed by atoms with Crippen molar-refractivity contribution in [2.45, 2.75) is 75.4 Å². The summed E-state index contributed by atoms with van der Waals surface area (Å²) in [5, 5.41) is 9.21. The minimum absolute atomic E-state index is 0.217. The SMILES string of the molecule is COc1ccc(Cn2nc3nc(N4CCC5(CC4)Oc4ccccc4[C@H]5N[S+]([O-])C(C)(C)C)n(C)c(=O)c3c2-c2ccnc(NC3CC3)c2Cl)cc1. The fourth-order valence-electron chi connectivity index (χ4n) is 7.18. The van der Waals surface area contributed by atoms with E-state index in [2.05, 4.69) is 19.9 Å². The first-order valence-electron chi connectivity index (χ1n) is 17.7. The molecule has 5 aromatic rings. The lowest BCUT2D eigenvalue weighted by atomic mass is 9.83. The van der Waals surface area contributed by atoms with Crippen LogP contribution in [0.2, 0.25) is 5.02 Å². The predicted octanol–water partition coefficient (Wildman–Crippen LogP) is 6.00. The van der Waals surface area contributed by atoms with Crippen LogP contribution in [0, 0.1) is 0 Å². The highest BCUT2D eigenvalue weighted by Gasteiger charge is 2.53. The fourth-order valence-corrected chi connectivity index (χ4v) is 8.35. The molecule has 0 bridgehead atoms. The third kappa shape index (κ3) is 6.27. The summed E-state index contributed by atoms with van der Waals surface area (Å²) in [4.78, 5) is 26.2. The van der Waals surface area contributed by atoms with Crippen LogP contribution in [0.1, 0.15) is 63.6 Å². The van der Waals surface area contributed by atoms with Gasteiger partial charge in [-0.05, 0) is 63.4 Å². The second kappa shape index (κ2) is 13.3. The van der Waals surface area contributed by atoms with Crippen molar-refractivity contribution in [3.8, 4) is 22.8 Å². The molecule has 1 spiro atoms. The number of para-hydroxylation sites is 1. The number of rotatable bonds is 9. The summed E-state index contributed by atoms with van der Waals surface area (Å²) in [6.45, 7) is 7.42. The number of nitrogens with one attached hydrogen (secondary N) is 2. The van der Waals surface area contributed by atoms with E-state index in [1.165, 1.54) is 0 Å². The quantitative estimate of drug-likeness (QED) is 0.173. The molecule has 2 fully saturated rings. The van der Waals surface area contributed by atoms with Gasteiger partial charge in [-0.25, -0.2) is 4.98 Å². The van der Waals surface area contributed by atoms with Crippen molar-refractivity contribution in [1.29, 1.82) is 0 Å². The maximum atomic E-state index is 14.5. The normalized spacial score (nSPS) is 18.8. The van der Waals surface area contributed by atoms with Crippen LogP contribution in [0.5, 0.6) is 11.5 Å². The Balaban J connectivity index is 1.16. The molecule has 12 nitrogen and oxygen atoms in total. The molecular weight excluding hydrogens is 700 g/mol. The van der Waals surface area contributed by atoms with Gasteiger partial charge in [-0.15, -0.1) is 4.72 Å². The summed E-state index contributed by atoms with van der Waals surface area (Å²) < 4.78 is 31.8. The Morgan fingerprint density at radius 2 is 1.83 bits per heavy atom. The predicted molar refractivity (Wildman–Crippen MR) is 205 cm³/mol. The number of benzene rings is 2. The Kier molecular flexibility index (Phi) is 8.88. The van der Waals surface area contributed by atoms with Crippen LogP contribution in [0.25, 0.3) is 22.3 Å². The van der Waals surface area contributed by atoms with Crippen LogP contribution < -0.4 is 30.0 Å². The Bertz CT molecular complexity index is 2190. The van der Waals surface area contributed by atoms with Gasteiger partial charge in [0.05, 0.1) is 24.4 Å². The summed E-state index contributed by atoms with van der Waals surface area (Å²) in [6, 6.07) is 17.7. The van der Waals surface area contributed by atoms with E-state index in [-0.39, 0.29) is 11.6 Å². The third-order valence-electron chi connectivity index (χ3n) is 10.3. The van der Waals surface area contributed by atoms with E-state index in [1.54, 1.807) is 24.9 Å². The zero-order valence-electron chi connectivity index (χ0n) is 30.0. The molecule has 1 aliphatic carbocycles. The largest absolute Gasteiger partial charge is 0.598 e. The fraction of sp³-hybridized carbons (Fsp3) is 0.421. The molecule has 272 valence electrons. The maximum absolute atomic E-state index is 14.5. The third-order valence-corrected chi connectivity index (χ3v) is 12.2. The zero-order chi connectivity index (χ0) is 36.4. The van der Waals surface area contributed by atoms with Gasteiger partial charge in [0.1, 0.15) is 39.1 Å². The van der Waals surface area contributed by atoms with Gasteiger partial charge in [0.25, 0.3) is 5.56 Å². The first kappa shape index (κ1) is 34.8. The molecule has 3 aliphatic rings. The summed E-state index contributed by atoms with van der Waals surface area (Å²) in [6.07, 6.45) is 5.11. The molecule has 2 aliphatic heterocycles. The van der Waals surface area contributed by atoms with Crippen LogP contribution >= 0.6 is 11.6 Å². The molecule has 2 aromatic carbocycles. The lowest BCUT2D eigenvalue weighted by molar-refractivity contribution is 0.0376. The van der Waals surface area contributed by atoms with Crippen molar-refractivity contribution in [1.82, 2.24) is 29.0 Å². The Morgan fingerprint density at radius 3 is 2.52 bits per heavy atom. The average molecular weight is 743 g/mol. The van der Waals surface area contributed by atoms with Gasteiger partial charge < -0.3 is 24.2 Å². The molecule has 1 saturated carbocycles. The molecule has 1 unspecified atom stereocenters. The van der Waals surface area contributed by atoms with Gasteiger partial charge in [-0.3, -0.25) is 14.0 Å². The molecule has 2 N–H and O–H groups in total. The van der Waals surface area contributed by atoms with Crippen LogP contribution in [-0.2, 0) is 25.0 Å². The second-order valence-corrected chi connectivity index (χ2v) is 17.3. The second-order valence-electron chi connectivity index (χ2n) is 14.9. The van der Waals surface area contributed by atoms with Crippen LogP contribution in [0.3, 0.4) is 0 Å². The molecule has 3 aromatic heterocycles. The number of hydrogen-bond donors (Lipinski definition) is 2. The Labute approximate surface area is 310 Å². The van der Waals surface area contributed by atoms with Gasteiger partial charge >= 0.3 is 0 Å². The summed E-state index contributed by atoms with van der Waals surface area (Å²) >= 11 is 5.74. The van der Waals surface area contributed by atoms with Gasteiger partial charge in [-0.1, -0.05) is 41.9 Å². The van der Waals surface area contributed by atoms with E-state index in [9.17, 15) is 9.35 Å². The number of anilines is 2. The van der Waals surface area contributed by atoms with E-state index in [1.807, 2.05) is 80.1 Å². The molecule has 14 heteroatoms. The van der Waals surface area contributed by atoms with E-state index in [4.69, 9.17) is 31.2 Å². The van der Waals surface area contributed by atoms with Gasteiger partial charge in [0, 0.05) is 67.7 Å². The summed E-state index contributed by atoms with van der Waals surface area (Å²) in [5.74, 6) is 2.68. The molecule has 0 radical (unpaired) electrons. The standard InChI is InChI=1S/C38H43ClN8O4S/c1-37(2,3)52(49)44-32-26-8-6-7-9-28(26)51-38(32)17-20-46(21-18-38)36-42-33-29(35(48)45(36)4)31(27-16-19-40-34(30(27)39)41-24-12-13-24)47(43-33)22-23-10-14-25(50-5)15-11-23/h6-11,14-16,19,24,32,44H,12-13,17-18,20-22H2,1-5H3,(H,40,41)/t32-,52?/m1/s1. The molecule has 52 heavy (non-hydrogen) atoms. The number of hydrogen-bond acceptors (Lipinski definition) is 10. The molecule has 5 heterocycles. The van der Waals surface area contributed by atoms with Crippen molar-refractivity contribution in [2.24, 2.45) is 7.05 Å². The summed E-state index contributed by atoms with van der Waals surface area (Å²) in [5.41, 5.74) is 2.77. The molecule has 8 rings (SSSR count). The number of fused-ring (bicyclic) bond motifs is 2. The topological polar surface area (TPSA) is 134 Å².